The highest BCUT2D eigenvalue weighted by Gasteiger charge is 2.20. The van der Waals surface area contributed by atoms with Crippen LogP contribution in [0.15, 0.2) is 12.2 Å². The highest BCUT2D eigenvalue weighted by atomic mass is 19.3. The van der Waals surface area contributed by atoms with Crippen molar-refractivity contribution < 1.29 is 13.9 Å². The molecule has 0 saturated heterocycles. The number of alkyl halides is 2. The molecule has 3 nitrogen and oxygen atoms in total. The Bertz CT molecular complexity index is 220. The van der Waals surface area contributed by atoms with Gasteiger partial charge in [-0.3, -0.25) is 4.90 Å². The molecule has 0 radical (unpaired) electrons. The van der Waals surface area contributed by atoms with Gasteiger partial charge in [0.1, 0.15) is 0 Å². The molecule has 0 bridgehead atoms. The molecule has 94 valence electrons. The number of hydrogen-bond acceptors (Lipinski definition) is 3. The summed E-state index contributed by atoms with van der Waals surface area (Å²) in [6.45, 7) is 4.82. The first kappa shape index (κ1) is 13.5. The SMILES string of the molecule is C=C(CNC1CC1)CN(CCO)CC(F)F. The van der Waals surface area contributed by atoms with Gasteiger partial charge in [-0.15, -0.1) is 0 Å². The molecule has 0 spiro atoms. The van der Waals surface area contributed by atoms with Crippen LogP contribution in [0.5, 0.6) is 0 Å². The van der Waals surface area contributed by atoms with E-state index in [4.69, 9.17) is 5.11 Å². The van der Waals surface area contributed by atoms with E-state index in [2.05, 4.69) is 11.9 Å². The van der Waals surface area contributed by atoms with Crippen LogP contribution in [-0.4, -0.2) is 55.3 Å². The van der Waals surface area contributed by atoms with Crippen molar-refractivity contribution in [3.63, 3.8) is 0 Å². The number of halogens is 2. The average molecular weight is 234 g/mol. The second kappa shape index (κ2) is 6.93. The van der Waals surface area contributed by atoms with Crippen molar-refractivity contribution in [1.82, 2.24) is 10.2 Å². The lowest BCUT2D eigenvalue weighted by molar-refractivity contribution is 0.0829. The smallest absolute Gasteiger partial charge is 0.251 e. The van der Waals surface area contributed by atoms with Crippen LogP contribution in [0, 0.1) is 0 Å². The van der Waals surface area contributed by atoms with Gasteiger partial charge in [0, 0.05) is 25.7 Å². The lowest BCUT2D eigenvalue weighted by Crippen LogP contribution is -2.35. The van der Waals surface area contributed by atoms with Gasteiger partial charge in [-0.2, -0.15) is 0 Å². The zero-order valence-electron chi connectivity index (χ0n) is 9.46. The van der Waals surface area contributed by atoms with E-state index < -0.39 is 6.43 Å². The van der Waals surface area contributed by atoms with Crippen LogP contribution in [0.25, 0.3) is 0 Å². The van der Waals surface area contributed by atoms with E-state index in [1.54, 1.807) is 0 Å². The predicted octanol–water partition coefficient (Wildman–Crippen LogP) is 0.854. The summed E-state index contributed by atoms with van der Waals surface area (Å²) in [5.74, 6) is 0. The molecule has 1 aliphatic carbocycles. The van der Waals surface area contributed by atoms with Crippen molar-refractivity contribution in [3.05, 3.63) is 12.2 Å². The predicted molar refractivity (Wildman–Crippen MR) is 59.7 cm³/mol. The van der Waals surface area contributed by atoms with Crippen LogP contribution in [0.1, 0.15) is 12.8 Å². The molecule has 1 aliphatic rings. The molecule has 0 unspecified atom stereocenters. The van der Waals surface area contributed by atoms with E-state index in [0.717, 1.165) is 5.57 Å². The number of nitrogens with zero attached hydrogens (tertiary/aromatic N) is 1. The van der Waals surface area contributed by atoms with E-state index in [-0.39, 0.29) is 19.7 Å². The minimum atomic E-state index is -2.37. The van der Waals surface area contributed by atoms with Gasteiger partial charge in [0.15, 0.2) is 0 Å². The topological polar surface area (TPSA) is 35.5 Å². The average Bonchev–Trinajstić information content (AvgIpc) is 2.97. The minimum absolute atomic E-state index is 0.101. The van der Waals surface area contributed by atoms with Crippen LogP contribution in [0.3, 0.4) is 0 Å². The largest absolute Gasteiger partial charge is 0.395 e. The van der Waals surface area contributed by atoms with Gasteiger partial charge in [-0.05, 0) is 18.4 Å². The molecule has 0 aromatic carbocycles. The molecule has 0 atom stereocenters. The van der Waals surface area contributed by atoms with Crippen molar-refractivity contribution in [2.75, 3.05) is 32.8 Å². The van der Waals surface area contributed by atoms with Gasteiger partial charge in [-0.25, -0.2) is 8.78 Å². The summed E-state index contributed by atoms with van der Waals surface area (Å²) in [6, 6.07) is 0.596. The maximum atomic E-state index is 12.2. The minimum Gasteiger partial charge on any atom is -0.395 e. The molecule has 5 heteroatoms. The van der Waals surface area contributed by atoms with E-state index in [0.29, 0.717) is 19.1 Å². The van der Waals surface area contributed by atoms with Gasteiger partial charge in [-0.1, -0.05) is 6.58 Å². The fourth-order valence-electron chi connectivity index (χ4n) is 1.52. The molecule has 0 amide bonds. The Morgan fingerprint density at radius 2 is 2.19 bits per heavy atom. The van der Waals surface area contributed by atoms with Gasteiger partial charge in [0.25, 0.3) is 6.43 Å². The van der Waals surface area contributed by atoms with Crippen LogP contribution >= 0.6 is 0 Å². The zero-order valence-corrected chi connectivity index (χ0v) is 9.46. The van der Waals surface area contributed by atoms with Crippen LogP contribution < -0.4 is 5.32 Å². The highest BCUT2D eigenvalue weighted by molar-refractivity contribution is 5.01. The molecule has 0 aliphatic heterocycles. The third-order valence-electron chi connectivity index (χ3n) is 2.48. The molecule has 1 fully saturated rings. The van der Waals surface area contributed by atoms with Gasteiger partial charge >= 0.3 is 0 Å². The zero-order chi connectivity index (χ0) is 12.0. The molecular weight excluding hydrogens is 214 g/mol. The Morgan fingerprint density at radius 1 is 1.50 bits per heavy atom. The fourth-order valence-corrected chi connectivity index (χ4v) is 1.52. The number of nitrogens with one attached hydrogen (secondary N) is 1. The van der Waals surface area contributed by atoms with Crippen LogP contribution in [0.4, 0.5) is 8.78 Å². The van der Waals surface area contributed by atoms with Crippen molar-refractivity contribution in [3.8, 4) is 0 Å². The van der Waals surface area contributed by atoms with Gasteiger partial charge in [0.05, 0.1) is 13.2 Å². The van der Waals surface area contributed by atoms with E-state index in [1.165, 1.54) is 17.7 Å². The van der Waals surface area contributed by atoms with E-state index in [9.17, 15) is 8.78 Å². The lowest BCUT2D eigenvalue weighted by atomic mass is 10.2. The Balaban J connectivity index is 2.19. The van der Waals surface area contributed by atoms with E-state index >= 15 is 0 Å². The molecule has 0 aromatic rings. The molecule has 1 rings (SSSR count). The summed E-state index contributed by atoms with van der Waals surface area (Å²) in [5, 5.41) is 12.0. The Labute approximate surface area is 95.1 Å². The lowest BCUT2D eigenvalue weighted by Gasteiger charge is -2.22. The normalized spacial score (nSPS) is 16.1. The first-order valence-corrected chi connectivity index (χ1v) is 5.63. The Kier molecular flexibility index (Phi) is 5.87. The summed E-state index contributed by atoms with van der Waals surface area (Å²) >= 11 is 0. The summed E-state index contributed by atoms with van der Waals surface area (Å²) < 4.78 is 24.4. The molecule has 2 N–H and O–H groups in total. The quantitative estimate of drug-likeness (QED) is 0.581. The number of rotatable bonds is 9. The number of aliphatic hydroxyl groups is 1. The third-order valence-corrected chi connectivity index (χ3v) is 2.48. The van der Waals surface area contributed by atoms with Gasteiger partial charge in [0.2, 0.25) is 0 Å². The highest BCUT2D eigenvalue weighted by Crippen LogP contribution is 2.18. The number of aliphatic hydroxyl groups excluding tert-OH is 1. The summed E-state index contributed by atoms with van der Waals surface area (Å²) in [7, 11) is 0. The Hall–Kier alpha value is -0.520. The molecule has 16 heavy (non-hydrogen) atoms. The third kappa shape index (κ3) is 6.15. The Morgan fingerprint density at radius 3 is 2.69 bits per heavy atom. The molecule has 1 saturated carbocycles. The van der Waals surface area contributed by atoms with Crippen LogP contribution in [0.2, 0.25) is 0 Å². The van der Waals surface area contributed by atoms with Crippen molar-refractivity contribution in [1.29, 1.82) is 0 Å². The van der Waals surface area contributed by atoms with Crippen molar-refractivity contribution in [2.45, 2.75) is 25.3 Å². The summed E-state index contributed by atoms with van der Waals surface area (Å²) in [6.07, 6.45) is 0.0331. The summed E-state index contributed by atoms with van der Waals surface area (Å²) in [4.78, 5) is 1.53. The molecule has 0 aromatic heterocycles. The van der Waals surface area contributed by atoms with Crippen molar-refractivity contribution in [2.24, 2.45) is 0 Å². The molecular formula is C11H20F2N2O. The first-order valence-electron chi connectivity index (χ1n) is 5.63. The second-order valence-corrected chi connectivity index (χ2v) is 4.25. The van der Waals surface area contributed by atoms with E-state index in [1.807, 2.05) is 0 Å². The van der Waals surface area contributed by atoms with Crippen LogP contribution in [-0.2, 0) is 0 Å². The van der Waals surface area contributed by atoms with Gasteiger partial charge < -0.3 is 10.4 Å². The maximum Gasteiger partial charge on any atom is 0.251 e. The first-order chi connectivity index (χ1) is 7.61. The monoisotopic (exact) mass is 234 g/mol. The standard InChI is InChI=1S/C11H20F2N2O/c1-9(6-14-10-2-3-10)7-15(4-5-16)8-11(12)13/h10-11,14,16H,1-8H2. The summed E-state index contributed by atoms with van der Waals surface area (Å²) in [5.41, 5.74) is 0.890. The number of hydrogen-bond donors (Lipinski definition) is 2. The van der Waals surface area contributed by atoms with Crippen molar-refractivity contribution >= 4 is 0 Å². The molecule has 0 heterocycles. The fraction of sp³-hybridized carbons (Fsp3) is 0.818. The second-order valence-electron chi connectivity index (χ2n) is 4.25. The maximum absolute atomic E-state index is 12.2.